The van der Waals surface area contributed by atoms with E-state index in [1.165, 1.54) is 21.8 Å². The van der Waals surface area contributed by atoms with E-state index in [1.807, 2.05) is 0 Å². The highest BCUT2D eigenvalue weighted by molar-refractivity contribution is 6.13. The van der Waals surface area contributed by atoms with Crippen molar-refractivity contribution in [3.8, 4) is 5.69 Å². The van der Waals surface area contributed by atoms with Crippen molar-refractivity contribution in [2.75, 3.05) is 10.2 Å². The van der Waals surface area contributed by atoms with Crippen molar-refractivity contribution < 1.29 is 0 Å². The van der Waals surface area contributed by atoms with Crippen LogP contribution in [-0.2, 0) is 0 Å². The Labute approximate surface area is 228 Å². The number of hydrogen-bond acceptors (Lipinski definition) is 2. The molecule has 1 aromatic heterocycles. The van der Waals surface area contributed by atoms with Crippen LogP contribution in [0.2, 0.25) is 0 Å². The van der Waals surface area contributed by atoms with E-state index in [1.54, 1.807) is 0 Å². The van der Waals surface area contributed by atoms with Gasteiger partial charge in [0.05, 0.1) is 16.7 Å². The van der Waals surface area contributed by atoms with E-state index in [4.69, 9.17) is 0 Å². The first-order chi connectivity index (χ1) is 19.4. The molecule has 3 nitrogen and oxygen atoms in total. The van der Waals surface area contributed by atoms with Gasteiger partial charge in [-0.25, -0.2) is 0 Å². The molecule has 0 aliphatic heterocycles. The SMILES string of the molecule is c1ccc(N(c2ccccc2)c2cccc(Nc3cccc4c5ccccc5n(-c5ccccc5)c34)c2)cc1. The lowest BCUT2D eigenvalue weighted by Crippen LogP contribution is -2.09. The number of rotatable bonds is 6. The largest absolute Gasteiger partial charge is 0.354 e. The van der Waals surface area contributed by atoms with Gasteiger partial charge in [-0.05, 0) is 66.7 Å². The molecule has 3 heteroatoms. The minimum atomic E-state index is 1.03. The lowest BCUT2D eigenvalue weighted by atomic mass is 10.1. The average molecular weight is 502 g/mol. The predicted molar refractivity (Wildman–Crippen MR) is 165 cm³/mol. The molecule has 0 amide bonds. The molecule has 7 rings (SSSR count). The zero-order valence-corrected chi connectivity index (χ0v) is 21.4. The van der Waals surface area contributed by atoms with E-state index < -0.39 is 0 Å². The Morgan fingerprint density at radius 2 is 1.03 bits per heavy atom. The number of para-hydroxylation sites is 5. The summed E-state index contributed by atoms with van der Waals surface area (Å²) >= 11 is 0. The van der Waals surface area contributed by atoms with Crippen molar-refractivity contribution >= 4 is 50.2 Å². The van der Waals surface area contributed by atoms with Crippen molar-refractivity contribution in [1.29, 1.82) is 0 Å². The van der Waals surface area contributed by atoms with Crippen molar-refractivity contribution in [2.45, 2.75) is 0 Å². The quantitative estimate of drug-likeness (QED) is 0.245. The van der Waals surface area contributed by atoms with Gasteiger partial charge in [0.1, 0.15) is 0 Å². The molecule has 186 valence electrons. The molecule has 0 fully saturated rings. The molecule has 0 atom stereocenters. The van der Waals surface area contributed by atoms with E-state index >= 15 is 0 Å². The molecule has 0 unspecified atom stereocenters. The molecule has 7 aromatic rings. The minimum Gasteiger partial charge on any atom is -0.354 e. The minimum absolute atomic E-state index is 1.03. The standard InChI is InChI=1S/C36H27N3/c1-4-15-28(16-5-1)38(29-17-6-2-7-18-29)31-21-12-14-27(26-31)37-34-24-13-23-33-32-22-10-11-25-35(32)39(36(33)34)30-19-8-3-9-20-30/h1-26,37H. The first kappa shape index (κ1) is 22.9. The first-order valence-electron chi connectivity index (χ1n) is 13.2. The van der Waals surface area contributed by atoms with Crippen LogP contribution in [0.3, 0.4) is 0 Å². The van der Waals surface area contributed by atoms with Crippen LogP contribution in [0.15, 0.2) is 158 Å². The molecule has 0 saturated carbocycles. The summed E-state index contributed by atoms with van der Waals surface area (Å²) < 4.78 is 2.36. The van der Waals surface area contributed by atoms with Gasteiger partial charge in [-0.1, -0.05) is 91.0 Å². The van der Waals surface area contributed by atoms with Crippen LogP contribution >= 0.6 is 0 Å². The normalized spacial score (nSPS) is 11.1. The molecule has 1 N–H and O–H groups in total. The number of hydrogen-bond donors (Lipinski definition) is 1. The van der Waals surface area contributed by atoms with Gasteiger partial charge in [0.25, 0.3) is 0 Å². The fraction of sp³-hybridized carbons (Fsp3) is 0. The number of anilines is 5. The number of nitrogens with zero attached hydrogens (tertiary/aromatic N) is 2. The number of fused-ring (bicyclic) bond motifs is 3. The van der Waals surface area contributed by atoms with Gasteiger partial charge in [-0.2, -0.15) is 0 Å². The van der Waals surface area contributed by atoms with Gasteiger partial charge in [0.2, 0.25) is 0 Å². The summed E-state index contributed by atoms with van der Waals surface area (Å²) in [7, 11) is 0. The Hall–Kier alpha value is -5.28. The number of benzene rings is 6. The molecular weight excluding hydrogens is 474 g/mol. The second-order valence-electron chi connectivity index (χ2n) is 9.57. The molecule has 6 aromatic carbocycles. The third-order valence-corrected chi connectivity index (χ3v) is 7.12. The lowest BCUT2D eigenvalue weighted by Gasteiger charge is -2.26. The maximum absolute atomic E-state index is 3.77. The van der Waals surface area contributed by atoms with Gasteiger partial charge < -0.3 is 14.8 Å². The van der Waals surface area contributed by atoms with E-state index in [2.05, 4.69) is 173 Å². The van der Waals surface area contributed by atoms with Crippen molar-refractivity contribution in [1.82, 2.24) is 4.57 Å². The highest BCUT2D eigenvalue weighted by atomic mass is 15.1. The Morgan fingerprint density at radius 1 is 0.462 bits per heavy atom. The molecule has 39 heavy (non-hydrogen) atoms. The Balaban J connectivity index is 1.37. The van der Waals surface area contributed by atoms with Crippen molar-refractivity contribution in [3.05, 3.63) is 158 Å². The molecule has 0 radical (unpaired) electrons. The summed E-state index contributed by atoms with van der Waals surface area (Å²) in [6.45, 7) is 0. The van der Waals surface area contributed by atoms with Crippen molar-refractivity contribution in [2.24, 2.45) is 0 Å². The van der Waals surface area contributed by atoms with E-state index in [9.17, 15) is 0 Å². The van der Waals surface area contributed by atoms with Gasteiger partial charge in [0, 0.05) is 39.2 Å². The fourth-order valence-electron chi connectivity index (χ4n) is 5.44. The molecule has 0 aliphatic rings. The summed E-state index contributed by atoms with van der Waals surface area (Å²) in [5.41, 5.74) is 8.93. The van der Waals surface area contributed by atoms with Crippen LogP contribution in [0.5, 0.6) is 0 Å². The smallest absolute Gasteiger partial charge is 0.0776 e. The van der Waals surface area contributed by atoms with Gasteiger partial charge in [0.15, 0.2) is 0 Å². The van der Waals surface area contributed by atoms with E-state index in [0.717, 1.165) is 34.1 Å². The van der Waals surface area contributed by atoms with Gasteiger partial charge >= 0.3 is 0 Å². The molecule has 0 spiro atoms. The van der Waals surface area contributed by atoms with Crippen LogP contribution in [0.25, 0.3) is 27.5 Å². The lowest BCUT2D eigenvalue weighted by molar-refractivity contribution is 1.18. The van der Waals surface area contributed by atoms with Gasteiger partial charge in [-0.15, -0.1) is 0 Å². The van der Waals surface area contributed by atoms with Crippen LogP contribution in [0, 0.1) is 0 Å². The third kappa shape index (κ3) is 4.20. The topological polar surface area (TPSA) is 20.2 Å². The van der Waals surface area contributed by atoms with Crippen LogP contribution in [-0.4, -0.2) is 4.57 Å². The van der Waals surface area contributed by atoms with Crippen LogP contribution in [0.1, 0.15) is 0 Å². The van der Waals surface area contributed by atoms with Crippen LogP contribution in [0.4, 0.5) is 28.4 Å². The van der Waals surface area contributed by atoms with E-state index in [-0.39, 0.29) is 0 Å². The van der Waals surface area contributed by atoms with Crippen molar-refractivity contribution in [3.63, 3.8) is 0 Å². The summed E-state index contributed by atoms with van der Waals surface area (Å²) in [6, 6.07) is 55.4. The summed E-state index contributed by atoms with van der Waals surface area (Å²) in [5, 5.41) is 6.24. The average Bonchev–Trinajstić information content (AvgIpc) is 3.35. The summed E-state index contributed by atoms with van der Waals surface area (Å²) in [4.78, 5) is 2.28. The molecule has 0 bridgehead atoms. The van der Waals surface area contributed by atoms with Gasteiger partial charge in [-0.3, -0.25) is 0 Å². The van der Waals surface area contributed by atoms with E-state index in [0.29, 0.717) is 0 Å². The maximum Gasteiger partial charge on any atom is 0.0776 e. The number of nitrogens with one attached hydrogen (secondary N) is 1. The summed E-state index contributed by atoms with van der Waals surface area (Å²) in [6.07, 6.45) is 0. The maximum atomic E-state index is 3.77. The zero-order valence-electron chi connectivity index (χ0n) is 21.4. The first-order valence-corrected chi connectivity index (χ1v) is 13.2. The molecule has 0 saturated heterocycles. The fourth-order valence-corrected chi connectivity index (χ4v) is 5.44. The second-order valence-corrected chi connectivity index (χ2v) is 9.57. The Bertz CT molecular complexity index is 1830. The highest BCUT2D eigenvalue weighted by Crippen LogP contribution is 2.39. The number of aromatic nitrogens is 1. The van der Waals surface area contributed by atoms with Crippen LogP contribution < -0.4 is 10.2 Å². The molecule has 1 heterocycles. The predicted octanol–water partition coefficient (Wildman–Crippen LogP) is 10.00. The monoisotopic (exact) mass is 501 g/mol. The molecular formula is C36H27N3. The zero-order chi connectivity index (χ0) is 26.0. The Kier molecular flexibility index (Phi) is 5.80. The Morgan fingerprint density at radius 3 is 1.74 bits per heavy atom. The second kappa shape index (κ2) is 9.88. The third-order valence-electron chi connectivity index (χ3n) is 7.12. The highest BCUT2D eigenvalue weighted by Gasteiger charge is 2.16. The molecule has 0 aliphatic carbocycles. The summed E-state index contributed by atoms with van der Waals surface area (Å²) in [5.74, 6) is 0.